The number of aromatic carboxylic acids is 1. The van der Waals surface area contributed by atoms with Crippen LogP contribution in [0.1, 0.15) is 45.4 Å². The molecule has 0 unspecified atom stereocenters. The highest BCUT2D eigenvalue weighted by molar-refractivity contribution is 6.05. The highest BCUT2D eigenvalue weighted by atomic mass is 16.4. The van der Waals surface area contributed by atoms with Crippen LogP contribution in [0.5, 0.6) is 0 Å². The fraction of sp³-hybridized carbons (Fsp3) is 0.261. The molecule has 0 aliphatic rings. The van der Waals surface area contributed by atoms with Gasteiger partial charge < -0.3 is 15.3 Å². The molecule has 30 heavy (non-hydrogen) atoms. The molecule has 2 N–H and O–H groups in total. The number of nitrogens with one attached hydrogen (secondary N) is 1. The molecule has 1 heterocycles. The number of carboxylic acid groups (broad SMARTS) is 1. The van der Waals surface area contributed by atoms with Crippen LogP contribution >= 0.6 is 0 Å². The van der Waals surface area contributed by atoms with Crippen molar-refractivity contribution in [1.29, 1.82) is 0 Å². The Morgan fingerprint density at radius 3 is 2.53 bits per heavy atom. The Kier molecular flexibility index (Phi) is 6.51. The summed E-state index contributed by atoms with van der Waals surface area (Å²) in [5.41, 5.74) is 3.60. The van der Waals surface area contributed by atoms with Crippen LogP contribution in [0.2, 0.25) is 0 Å². The van der Waals surface area contributed by atoms with E-state index < -0.39 is 5.97 Å². The summed E-state index contributed by atoms with van der Waals surface area (Å²) in [6.45, 7) is 5.38. The molecule has 7 heteroatoms. The number of carbonyl (C=O) groups is 2. The van der Waals surface area contributed by atoms with Gasteiger partial charge in [-0.3, -0.25) is 9.48 Å². The molecule has 7 nitrogen and oxygen atoms in total. The summed E-state index contributed by atoms with van der Waals surface area (Å²) in [7, 11) is 1.85. The molecule has 0 aliphatic carbocycles. The maximum absolute atomic E-state index is 12.4. The zero-order valence-electron chi connectivity index (χ0n) is 17.4. The van der Waals surface area contributed by atoms with Gasteiger partial charge in [-0.1, -0.05) is 25.1 Å². The topological polar surface area (TPSA) is 87.5 Å². The summed E-state index contributed by atoms with van der Waals surface area (Å²) in [4.78, 5) is 26.2. The average molecular weight is 406 g/mol. The maximum Gasteiger partial charge on any atom is 0.337 e. The third-order valence-electron chi connectivity index (χ3n) is 4.75. The summed E-state index contributed by atoms with van der Waals surface area (Å²) < 4.78 is 1.96. The smallest absolute Gasteiger partial charge is 0.337 e. The van der Waals surface area contributed by atoms with Crippen LogP contribution in [0, 0.1) is 6.92 Å². The zero-order valence-corrected chi connectivity index (χ0v) is 17.4. The number of nitrogens with zero attached hydrogens (tertiary/aromatic N) is 3. The van der Waals surface area contributed by atoms with Crippen molar-refractivity contribution in [2.75, 3.05) is 17.3 Å². The molecule has 0 fully saturated rings. The molecule has 156 valence electrons. The fourth-order valence-corrected chi connectivity index (χ4v) is 3.37. The number of aromatic nitrogens is 2. The Bertz CT molecular complexity index is 1040. The molecule has 0 saturated carbocycles. The minimum absolute atomic E-state index is 0.127. The van der Waals surface area contributed by atoms with Gasteiger partial charge in [-0.15, -0.1) is 0 Å². The highest BCUT2D eigenvalue weighted by Gasteiger charge is 2.17. The molecule has 0 aliphatic heterocycles. The lowest BCUT2D eigenvalue weighted by atomic mass is 10.1. The number of amides is 1. The SMILES string of the molecule is CCCn1nc(C)cc1CN(C)c1ccc(NC(=O)c2ccccc2)cc1C(=O)O. The number of carboxylic acids is 1. The van der Waals surface area contributed by atoms with Gasteiger partial charge in [-0.05, 0) is 49.7 Å². The van der Waals surface area contributed by atoms with Gasteiger partial charge in [0, 0.05) is 24.8 Å². The number of anilines is 2. The van der Waals surface area contributed by atoms with Gasteiger partial charge in [0.1, 0.15) is 0 Å². The van der Waals surface area contributed by atoms with E-state index in [-0.39, 0.29) is 11.5 Å². The summed E-state index contributed by atoms with van der Waals surface area (Å²) in [5, 5.41) is 17.0. The summed E-state index contributed by atoms with van der Waals surface area (Å²) in [6.07, 6.45) is 0.966. The summed E-state index contributed by atoms with van der Waals surface area (Å²) >= 11 is 0. The van der Waals surface area contributed by atoms with Crippen LogP contribution in [-0.2, 0) is 13.1 Å². The Balaban J connectivity index is 1.83. The van der Waals surface area contributed by atoms with Gasteiger partial charge in [-0.25, -0.2) is 4.79 Å². The van der Waals surface area contributed by atoms with Crippen LogP contribution in [0.4, 0.5) is 11.4 Å². The molecule has 3 aromatic rings. The van der Waals surface area contributed by atoms with Crippen LogP contribution < -0.4 is 10.2 Å². The van der Waals surface area contributed by atoms with Crippen molar-refractivity contribution >= 4 is 23.3 Å². The van der Waals surface area contributed by atoms with Crippen molar-refractivity contribution in [2.45, 2.75) is 33.4 Å². The fourth-order valence-electron chi connectivity index (χ4n) is 3.37. The predicted molar refractivity (Wildman–Crippen MR) is 117 cm³/mol. The Morgan fingerprint density at radius 1 is 1.13 bits per heavy atom. The largest absolute Gasteiger partial charge is 0.478 e. The number of hydrogen-bond acceptors (Lipinski definition) is 4. The number of carbonyl (C=O) groups excluding carboxylic acids is 1. The quantitative estimate of drug-likeness (QED) is 0.586. The van der Waals surface area contributed by atoms with Crippen LogP contribution in [0.15, 0.2) is 54.6 Å². The van der Waals surface area contributed by atoms with E-state index in [1.165, 1.54) is 6.07 Å². The van der Waals surface area contributed by atoms with Crippen molar-refractivity contribution < 1.29 is 14.7 Å². The molecule has 0 bridgehead atoms. The molecule has 0 radical (unpaired) electrons. The van der Waals surface area contributed by atoms with E-state index in [0.717, 1.165) is 24.4 Å². The first-order valence-electron chi connectivity index (χ1n) is 9.87. The van der Waals surface area contributed by atoms with Crippen LogP contribution in [0.25, 0.3) is 0 Å². The third-order valence-corrected chi connectivity index (χ3v) is 4.75. The van der Waals surface area contributed by atoms with Crippen molar-refractivity contribution in [2.24, 2.45) is 0 Å². The minimum atomic E-state index is -1.05. The molecule has 3 rings (SSSR count). The molecule has 1 amide bonds. The number of hydrogen-bond donors (Lipinski definition) is 2. The lowest BCUT2D eigenvalue weighted by Crippen LogP contribution is -2.22. The number of rotatable bonds is 8. The monoisotopic (exact) mass is 406 g/mol. The Hall–Kier alpha value is -3.61. The van der Waals surface area contributed by atoms with Crippen molar-refractivity contribution in [3.8, 4) is 0 Å². The van der Waals surface area contributed by atoms with Crippen molar-refractivity contribution in [1.82, 2.24) is 9.78 Å². The summed E-state index contributed by atoms with van der Waals surface area (Å²) in [5.74, 6) is -1.34. The standard InChI is InChI=1S/C23H26N4O3/c1-4-12-27-19(13-16(2)25-27)15-26(3)21-11-10-18(14-20(21)23(29)30)24-22(28)17-8-6-5-7-9-17/h5-11,13-14H,4,12,15H2,1-3H3,(H,24,28)(H,29,30). The lowest BCUT2D eigenvalue weighted by Gasteiger charge is -2.22. The number of aryl methyl sites for hydroxylation is 2. The molecule has 1 aromatic heterocycles. The lowest BCUT2D eigenvalue weighted by molar-refractivity contribution is 0.0697. The third kappa shape index (κ3) is 4.86. The van der Waals surface area contributed by atoms with E-state index in [4.69, 9.17) is 0 Å². The second-order valence-electron chi connectivity index (χ2n) is 7.21. The van der Waals surface area contributed by atoms with E-state index >= 15 is 0 Å². The predicted octanol–water partition coefficient (Wildman–Crippen LogP) is 4.19. The van der Waals surface area contributed by atoms with Gasteiger partial charge in [0.25, 0.3) is 5.91 Å². The molecule has 0 spiro atoms. The molecule has 0 saturated heterocycles. The zero-order chi connectivity index (χ0) is 21.7. The highest BCUT2D eigenvalue weighted by Crippen LogP contribution is 2.26. The van der Waals surface area contributed by atoms with Crippen LogP contribution in [0.3, 0.4) is 0 Å². The van der Waals surface area contributed by atoms with Crippen LogP contribution in [-0.4, -0.2) is 33.8 Å². The molecular weight excluding hydrogens is 380 g/mol. The van der Waals surface area contributed by atoms with Gasteiger partial charge >= 0.3 is 5.97 Å². The van der Waals surface area contributed by atoms with E-state index in [9.17, 15) is 14.7 Å². The second kappa shape index (κ2) is 9.26. The van der Waals surface area contributed by atoms with E-state index in [1.54, 1.807) is 36.4 Å². The van der Waals surface area contributed by atoms with Gasteiger partial charge in [0.2, 0.25) is 0 Å². The first-order valence-corrected chi connectivity index (χ1v) is 9.87. The van der Waals surface area contributed by atoms with Crippen molar-refractivity contribution in [3.05, 3.63) is 77.1 Å². The maximum atomic E-state index is 12.4. The first kappa shape index (κ1) is 21.1. The van der Waals surface area contributed by atoms with Gasteiger partial charge in [-0.2, -0.15) is 5.10 Å². The second-order valence-corrected chi connectivity index (χ2v) is 7.21. The van der Waals surface area contributed by atoms with E-state index in [2.05, 4.69) is 17.3 Å². The van der Waals surface area contributed by atoms with Crippen molar-refractivity contribution in [3.63, 3.8) is 0 Å². The normalized spacial score (nSPS) is 10.6. The molecule has 2 aromatic carbocycles. The Morgan fingerprint density at radius 2 is 1.87 bits per heavy atom. The molecule has 0 atom stereocenters. The Labute approximate surface area is 175 Å². The molecular formula is C23H26N4O3. The van der Waals surface area contributed by atoms with E-state index in [0.29, 0.717) is 23.5 Å². The first-order chi connectivity index (χ1) is 14.4. The van der Waals surface area contributed by atoms with Gasteiger partial charge in [0.15, 0.2) is 0 Å². The number of benzene rings is 2. The minimum Gasteiger partial charge on any atom is -0.478 e. The summed E-state index contributed by atoms with van der Waals surface area (Å²) in [6, 6.07) is 15.7. The van der Waals surface area contributed by atoms with Gasteiger partial charge in [0.05, 0.1) is 29.2 Å². The average Bonchev–Trinajstić information content (AvgIpc) is 3.07. The van der Waals surface area contributed by atoms with E-state index in [1.807, 2.05) is 35.7 Å².